The minimum absolute atomic E-state index is 0.00723. The van der Waals surface area contributed by atoms with Crippen LogP contribution < -0.4 is 0 Å². The van der Waals surface area contributed by atoms with Crippen molar-refractivity contribution in [3.8, 4) is 11.5 Å². The van der Waals surface area contributed by atoms with E-state index in [-0.39, 0.29) is 39.1 Å². The molecule has 3 N–H and O–H groups in total. The lowest BCUT2D eigenvalue weighted by molar-refractivity contribution is -0.177. The van der Waals surface area contributed by atoms with E-state index in [0.717, 1.165) is 68.1 Å². The molecule has 0 aromatic heterocycles. The summed E-state index contributed by atoms with van der Waals surface area (Å²) in [7, 11) is 0. The van der Waals surface area contributed by atoms with Crippen molar-refractivity contribution >= 4 is 5.97 Å². The number of hydrogen-bond acceptors (Lipinski definition) is 3. The highest BCUT2D eigenvalue weighted by atomic mass is 16.4. The molecule has 3 saturated carbocycles. The Bertz CT molecular complexity index is 1180. The molecule has 0 radical (unpaired) electrons. The average Bonchev–Trinajstić information content (AvgIpc) is 2.82. The van der Waals surface area contributed by atoms with Gasteiger partial charge in [-0.3, -0.25) is 4.79 Å². The summed E-state index contributed by atoms with van der Waals surface area (Å²) in [4.78, 5) is 12.4. The van der Waals surface area contributed by atoms with Gasteiger partial charge in [0.1, 0.15) is 0 Å². The molecule has 196 valence electrons. The lowest BCUT2D eigenvalue weighted by atomic mass is 9.34. The van der Waals surface area contributed by atoms with Gasteiger partial charge in [-0.25, -0.2) is 0 Å². The molecule has 0 amide bonds. The minimum atomic E-state index is -0.661. The van der Waals surface area contributed by atoms with E-state index in [1.54, 1.807) is 0 Å². The molecular formula is C32H44O4. The van der Waals surface area contributed by atoms with Gasteiger partial charge in [-0.05, 0) is 110 Å². The fourth-order valence-corrected chi connectivity index (χ4v) is 9.41. The molecule has 4 heteroatoms. The summed E-state index contributed by atoms with van der Waals surface area (Å²) in [6, 6.07) is 1.82. The van der Waals surface area contributed by atoms with E-state index in [9.17, 15) is 20.1 Å². The Kier molecular flexibility index (Phi) is 5.40. The molecule has 0 aliphatic heterocycles. The van der Waals surface area contributed by atoms with Crippen molar-refractivity contribution in [1.29, 1.82) is 0 Å². The van der Waals surface area contributed by atoms with E-state index in [2.05, 4.69) is 40.3 Å². The molecule has 5 rings (SSSR count). The molecule has 0 spiro atoms. The Hall–Kier alpha value is -2.23. The van der Waals surface area contributed by atoms with Gasteiger partial charge < -0.3 is 15.3 Å². The van der Waals surface area contributed by atoms with E-state index in [4.69, 9.17) is 0 Å². The summed E-state index contributed by atoms with van der Waals surface area (Å²) in [6.45, 7) is 17.6. The summed E-state index contributed by atoms with van der Waals surface area (Å²) < 4.78 is 0. The molecule has 0 saturated heterocycles. The van der Waals surface area contributed by atoms with Crippen molar-refractivity contribution in [2.75, 3.05) is 0 Å². The maximum absolute atomic E-state index is 12.4. The fraction of sp³-hybridized carbons (Fsp3) is 0.656. The number of fused-ring (bicyclic) bond motifs is 7. The molecule has 36 heavy (non-hydrogen) atoms. The van der Waals surface area contributed by atoms with Gasteiger partial charge in [0.05, 0.1) is 5.41 Å². The van der Waals surface area contributed by atoms with Gasteiger partial charge in [0.2, 0.25) is 0 Å². The molecule has 0 heterocycles. The number of rotatable bonds is 3. The van der Waals surface area contributed by atoms with Crippen LogP contribution in [0.1, 0.15) is 109 Å². The first-order valence-corrected chi connectivity index (χ1v) is 13.8. The highest BCUT2D eigenvalue weighted by Crippen LogP contribution is 2.75. The van der Waals surface area contributed by atoms with E-state index in [0.29, 0.717) is 5.92 Å². The summed E-state index contributed by atoms with van der Waals surface area (Å²) >= 11 is 0. The van der Waals surface area contributed by atoms with Crippen molar-refractivity contribution in [2.24, 2.45) is 27.6 Å². The molecule has 0 bridgehead atoms. The molecule has 1 aromatic rings. The topological polar surface area (TPSA) is 77.8 Å². The van der Waals surface area contributed by atoms with Crippen LogP contribution in [0.2, 0.25) is 0 Å². The first-order chi connectivity index (χ1) is 16.7. The number of aromatic hydroxyl groups is 2. The molecule has 7 atom stereocenters. The van der Waals surface area contributed by atoms with Crippen LogP contribution in [0.3, 0.4) is 0 Å². The number of benzene rings is 1. The van der Waals surface area contributed by atoms with Crippen molar-refractivity contribution in [3.05, 3.63) is 47.1 Å². The van der Waals surface area contributed by atoms with E-state index < -0.39 is 11.4 Å². The third kappa shape index (κ3) is 3.02. The quantitative estimate of drug-likeness (QED) is 0.298. The van der Waals surface area contributed by atoms with Crippen LogP contribution in [0.15, 0.2) is 30.4 Å². The smallest absolute Gasteiger partial charge is 0.309 e. The number of carboxylic acid groups (broad SMARTS) is 1. The Balaban J connectivity index is 1.69. The molecule has 2 unspecified atom stereocenters. The van der Waals surface area contributed by atoms with Crippen molar-refractivity contribution in [1.82, 2.24) is 0 Å². The number of hydrogen-bond donors (Lipinski definition) is 3. The van der Waals surface area contributed by atoms with Crippen LogP contribution in [0, 0.1) is 34.5 Å². The standard InChI is InChI=1S/C32H44O4/c1-8-9-20-16-23-30(5,21-17-22(33)26(34)19(2)25(20)21)13-15-32(7)24-18-29(4,27(35)36)11-10-28(24,3)12-14-31(23,32)6/h8,16-17,20,24,33-34H,1,9-15,18H2,2-7H3,(H,35,36)/t20?,24?,28-,29-,30+,31-,32+/m1/s1. The summed E-state index contributed by atoms with van der Waals surface area (Å²) in [5.41, 5.74) is 3.72. The number of allylic oxidation sites excluding steroid dienone is 3. The van der Waals surface area contributed by atoms with Crippen LogP contribution in [-0.4, -0.2) is 21.3 Å². The number of carbonyl (C=O) groups is 1. The molecule has 3 fully saturated rings. The van der Waals surface area contributed by atoms with E-state index in [1.807, 2.05) is 26.0 Å². The fourth-order valence-electron chi connectivity index (χ4n) is 9.41. The highest BCUT2D eigenvalue weighted by molar-refractivity contribution is 5.74. The Morgan fingerprint density at radius 2 is 1.72 bits per heavy atom. The van der Waals surface area contributed by atoms with Crippen LogP contribution >= 0.6 is 0 Å². The zero-order chi connectivity index (χ0) is 26.5. The second-order valence-electron chi connectivity index (χ2n) is 13.9. The second-order valence-corrected chi connectivity index (χ2v) is 13.9. The average molecular weight is 493 g/mol. The molecule has 1 aromatic carbocycles. The van der Waals surface area contributed by atoms with Crippen LogP contribution in [0.25, 0.3) is 0 Å². The zero-order valence-corrected chi connectivity index (χ0v) is 23.0. The lowest BCUT2D eigenvalue weighted by Crippen LogP contribution is -2.62. The molecule has 4 aliphatic rings. The van der Waals surface area contributed by atoms with E-state index >= 15 is 0 Å². The lowest BCUT2D eigenvalue weighted by Gasteiger charge is -2.70. The summed E-state index contributed by atoms with van der Waals surface area (Å²) in [5.74, 6) is -0.249. The summed E-state index contributed by atoms with van der Waals surface area (Å²) in [6.07, 6.45) is 11.9. The third-order valence-electron chi connectivity index (χ3n) is 12.1. The molecule has 4 aliphatic carbocycles. The summed E-state index contributed by atoms with van der Waals surface area (Å²) in [5, 5.41) is 31.4. The van der Waals surface area contributed by atoms with Crippen LogP contribution in [0.4, 0.5) is 0 Å². The van der Waals surface area contributed by atoms with Gasteiger partial charge >= 0.3 is 5.97 Å². The normalized spacial score (nSPS) is 43.3. The van der Waals surface area contributed by atoms with E-state index in [1.165, 1.54) is 5.57 Å². The highest BCUT2D eigenvalue weighted by Gasteiger charge is 2.67. The zero-order valence-electron chi connectivity index (χ0n) is 23.0. The Labute approximate surface area is 216 Å². The predicted molar refractivity (Wildman–Crippen MR) is 143 cm³/mol. The maximum atomic E-state index is 12.4. The van der Waals surface area contributed by atoms with Gasteiger partial charge in [-0.2, -0.15) is 0 Å². The second kappa shape index (κ2) is 7.65. The monoisotopic (exact) mass is 492 g/mol. The van der Waals surface area contributed by atoms with Crippen molar-refractivity contribution < 1.29 is 20.1 Å². The number of aliphatic carboxylic acids is 1. The predicted octanol–water partition coefficient (Wildman–Crippen LogP) is 7.76. The first-order valence-electron chi connectivity index (χ1n) is 13.8. The first kappa shape index (κ1) is 25.4. The number of phenolic OH excluding ortho intramolecular Hbond substituents is 2. The Morgan fingerprint density at radius 3 is 2.36 bits per heavy atom. The number of carboxylic acids is 1. The van der Waals surface area contributed by atoms with Gasteiger partial charge in [0.15, 0.2) is 11.5 Å². The van der Waals surface area contributed by atoms with Crippen molar-refractivity contribution in [2.45, 2.75) is 104 Å². The minimum Gasteiger partial charge on any atom is -0.504 e. The van der Waals surface area contributed by atoms with Gasteiger partial charge in [-0.15, -0.1) is 6.58 Å². The SMILES string of the molecule is C=CCC1C=C2[C@@](C)(CC[C@@]3(C)C4C[C@](C)(C(=O)O)CC[C@]4(C)CC[C@]23C)c2cc(O)c(O)c(C)c21. The van der Waals surface area contributed by atoms with Crippen LogP contribution in [0.5, 0.6) is 11.5 Å². The molecule has 4 nitrogen and oxygen atoms in total. The molecular weight excluding hydrogens is 448 g/mol. The largest absolute Gasteiger partial charge is 0.504 e. The van der Waals surface area contributed by atoms with Crippen molar-refractivity contribution in [3.63, 3.8) is 0 Å². The van der Waals surface area contributed by atoms with Gasteiger partial charge in [-0.1, -0.05) is 45.4 Å². The van der Waals surface area contributed by atoms with Crippen LogP contribution in [-0.2, 0) is 10.2 Å². The Morgan fingerprint density at radius 1 is 1.06 bits per heavy atom. The maximum Gasteiger partial charge on any atom is 0.309 e. The van der Waals surface area contributed by atoms with Gasteiger partial charge in [0, 0.05) is 11.3 Å². The third-order valence-corrected chi connectivity index (χ3v) is 12.1. The van der Waals surface area contributed by atoms with Gasteiger partial charge in [0.25, 0.3) is 0 Å². The number of phenols is 2.